The first-order valence-corrected chi connectivity index (χ1v) is 5.12. The van der Waals surface area contributed by atoms with Crippen LogP contribution in [0.5, 0.6) is 0 Å². The topological polar surface area (TPSA) is 57.6 Å². The van der Waals surface area contributed by atoms with Crippen LogP contribution in [0.2, 0.25) is 0 Å². The van der Waals surface area contributed by atoms with Gasteiger partial charge in [0.25, 0.3) is 0 Å². The number of hydrogen-bond donors (Lipinski definition) is 1. The summed E-state index contributed by atoms with van der Waals surface area (Å²) >= 11 is 5.35. The van der Waals surface area contributed by atoms with Gasteiger partial charge in [-0.25, -0.2) is 4.79 Å². The van der Waals surface area contributed by atoms with Gasteiger partial charge in [-0.1, -0.05) is 19.8 Å². The molecule has 0 aromatic heterocycles. The van der Waals surface area contributed by atoms with E-state index in [0.717, 1.165) is 12.8 Å². The lowest BCUT2D eigenvalue weighted by Gasteiger charge is -2.23. The van der Waals surface area contributed by atoms with Gasteiger partial charge in [-0.2, -0.15) is 0 Å². The van der Waals surface area contributed by atoms with Crippen LogP contribution in [0.4, 0.5) is 0 Å². The molecule has 0 bridgehead atoms. The second-order valence-corrected chi connectivity index (χ2v) is 3.40. The number of hydrogen-bond acceptors (Lipinski definition) is 2. The van der Waals surface area contributed by atoms with Crippen LogP contribution in [0.3, 0.4) is 0 Å². The number of nitrogens with zero attached hydrogens (tertiary/aromatic N) is 1. The molecule has 1 atom stereocenters. The summed E-state index contributed by atoms with van der Waals surface area (Å²) in [5.74, 6) is -1.50. The zero-order valence-electron chi connectivity index (χ0n) is 8.49. The van der Waals surface area contributed by atoms with E-state index < -0.39 is 12.0 Å². The number of alkyl halides is 1. The van der Waals surface area contributed by atoms with E-state index in [1.165, 1.54) is 11.9 Å². The molecule has 0 aliphatic carbocycles. The fourth-order valence-corrected chi connectivity index (χ4v) is 1.34. The second-order valence-electron chi connectivity index (χ2n) is 3.13. The Morgan fingerprint density at radius 1 is 1.50 bits per heavy atom. The third-order valence-electron chi connectivity index (χ3n) is 2.09. The monoisotopic (exact) mass is 221 g/mol. The van der Waals surface area contributed by atoms with E-state index in [1.807, 2.05) is 6.92 Å². The van der Waals surface area contributed by atoms with E-state index >= 15 is 0 Å². The molecule has 0 aliphatic rings. The zero-order chi connectivity index (χ0) is 11.1. The van der Waals surface area contributed by atoms with Gasteiger partial charge in [0.05, 0.1) is 0 Å². The van der Waals surface area contributed by atoms with Crippen LogP contribution in [0, 0.1) is 0 Å². The Bertz CT molecular complexity index is 208. The molecule has 1 unspecified atom stereocenters. The second kappa shape index (κ2) is 6.65. The molecule has 1 N–H and O–H groups in total. The highest BCUT2D eigenvalue weighted by Crippen LogP contribution is 2.08. The van der Waals surface area contributed by atoms with Gasteiger partial charge in [-0.05, 0) is 6.42 Å². The van der Waals surface area contributed by atoms with Gasteiger partial charge in [0.15, 0.2) is 0 Å². The van der Waals surface area contributed by atoms with Gasteiger partial charge in [-0.3, -0.25) is 4.79 Å². The van der Waals surface area contributed by atoms with Crippen molar-refractivity contribution < 1.29 is 14.7 Å². The summed E-state index contributed by atoms with van der Waals surface area (Å²) in [5.41, 5.74) is 0. The fourth-order valence-electron chi connectivity index (χ4n) is 1.15. The Morgan fingerprint density at radius 2 is 2.07 bits per heavy atom. The number of carboxylic acids is 1. The summed E-state index contributed by atoms with van der Waals surface area (Å²) in [5, 5.41) is 8.88. The maximum atomic E-state index is 11.2. The van der Waals surface area contributed by atoms with Crippen molar-refractivity contribution in [1.29, 1.82) is 0 Å². The molecular weight excluding hydrogens is 206 g/mol. The fraction of sp³-hybridized carbons (Fsp3) is 0.778. The number of halogens is 1. The highest BCUT2D eigenvalue weighted by molar-refractivity contribution is 6.27. The first-order valence-electron chi connectivity index (χ1n) is 4.59. The van der Waals surface area contributed by atoms with Crippen molar-refractivity contribution in [3.63, 3.8) is 0 Å². The van der Waals surface area contributed by atoms with Crippen molar-refractivity contribution in [3.05, 3.63) is 0 Å². The van der Waals surface area contributed by atoms with Crippen LogP contribution >= 0.6 is 11.6 Å². The lowest BCUT2D eigenvalue weighted by molar-refractivity contribution is -0.148. The average Bonchev–Trinajstić information content (AvgIpc) is 2.16. The number of unbranched alkanes of at least 4 members (excludes halogenated alkanes) is 1. The van der Waals surface area contributed by atoms with E-state index in [1.54, 1.807) is 0 Å². The minimum absolute atomic E-state index is 0.174. The first-order chi connectivity index (χ1) is 6.54. The van der Waals surface area contributed by atoms with Crippen molar-refractivity contribution >= 4 is 23.5 Å². The molecule has 0 aromatic carbocycles. The van der Waals surface area contributed by atoms with Crippen LogP contribution in [0.1, 0.15) is 26.2 Å². The third-order valence-corrected chi connectivity index (χ3v) is 2.32. The number of carboxylic acid groups (broad SMARTS) is 1. The van der Waals surface area contributed by atoms with Gasteiger partial charge >= 0.3 is 5.97 Å². The number of aliphatic carboxylic acids is 1. The molecule has 4 nitrogen and oxygen atoms in total. The Labute approximate surface area is 88.8 Å². The van der Waals surface area contributed by atoms with Crippen LogP contribution in [-0.4, -0.2) is 40.9 Å². The van der Waals surface area contributed by atoms with Crippen LogP contribution < -0.4 is 0 Å². The summed E-state index contributed by atoms with van der Waals surface area (Å²) < 4.78 is 0. The number of carbonyl (C=O) groups excluding carboxylic acids is 1. The number of likely N-dealkylation sites (N-methyl/N-ethyl adjacent to an activating group) is 1. The first kappa shape index (κ1) is 13.2. The van der Waals surface area contributed by atoms with E-state index in [0.29, 0.717) is 6.42 Å². The van der Waals surface area contributed by atoms with Crippen LogP contribution in [0.25, 0.3) is 0 Å². The lowest BCUT2D eigenvalue weighted by Crippen LogP contribution is -2.42. The van der Waals surface area contributed by atoms with Crippen LogP contribution in [-0.2, 0) is 9.59 Å². The molecule has 0 aliphatic heterocycles. The molecule has 0 fully saturated rings. The van der Waals surface area contributed by atoms with Crippen LogP contribution in [0.15, 0.2) is 0 Å². The summed E-state index contributed by atoms with van der Waals surface area (Å²) in [6, 6.07) is -0.749. The third kappa shape index (κ3) is 3.96. The molecule has 5 heteroatoms. The molecular formula is C9H16ClNO3. The number of amides is 1. The van der Waals surface area contributed by atoms with E-state index in [9.17, 15) is 9.59 Å². The van der Waals surface area contributed by atoms with Crippen molar-refractivity contribution in [2.75, 3.05) is 12.9 Å². The maximum Gasteiger partial charge on any atom is 0.326 e. The Kier molecular flexibility index (Phi) is 6.28. The zero-order valence-corrected chi connectivity index (χ0v) is 9.25. The van der Waals surface area contributed by atoms with Gasteiger partial charge in [0.2, 0.25) is 5.91 Å². The Morgan fingerprint density at radius 3 is 2.43 bits per heavy atom. The molecule has 82 valence electrons. The summed E-state index contributed by atoms with van der Waals surface area (Å²) in [7, 11) is 1.47. The van der Waals surface area contributed by atoms with Gasteiger partial charge < -0.3 is 10.0 Å². The molecule has 0 aromatic rings. The molecule has 14 heavy (non-hydrogen) atoms. The summed E-state index contributed by atoms with van der Waals surface area (Å²) in [6.07, 6.45) is 2.18. The molecule has 0 heterocycles. The smallest absolute Gasteiger partial charge is 0.326 e. The maximum absolute atomic E-state index is 11.2. The minimum atomic E-state index is -0.973. The molecule has 1 amide bonds. The van der Waals surface area contributed by atoms with Crippen molar-refractivity contribution in [2.45, 2.75) is 32.2 Å². The molecule has 0 rings (SSSR count). The van der Waals surface area contributed by atoms with Gasteiger partial charge in [0, 0.05) is 7.05 Å². The Hall–Kier alpha value is -0.770. The van der Waals surface area contributed by atoms with Crippen molar-refractivity contribution in [3.8, 4) is 0 Å². The van der Waals surface area contributed by atoms with Gasteiger partial charge in [-0.15, -0.1) is 11.6 Å². The standard InChI is InChI=1S/C9H16ClNO3/c1-3-4-5-7(9(13)14)11(2)8(12)6-10/h7H,3-6H2,1-2H3,(H,13,14). The predicted molar refractivity (Wildman–Crippen MR) is 54.4 cm³/mol. The van der Waals surface area contributed by atoms with Crippen molar-refractivity contribution in [2.24, 2.45) is 0 Å². The highest BCUT2D eigenvalue weighted by Gasteiger charge is 2.24. The minimum Gasteiger partial charge on any atom is -0.480 e. The van der Waals surface area contributed by atoms with E-state index in [2.05, 4.69) is 0 Å². The lowest BCUT2D eigenvalue weighted by atomic mass is 10.1. The molecule has 0 saturated heterocycles. The molecule has 0 spiro atoms. The normalized spacial score (nSPS) is 12.2. The SMILES string of the molecule is CCCCC(C(=O)O)N(C)C(=O)CCl. The summed E-state index contributed by atoms with van der Waals surface area (Å²) in [4.78, 5) is 23.2. The van der Waals surface area contributed by atoms with E-state index in [-0.39, 0.29) is 11.8 Å². The molecule has 0 radical (unpaired) electrons. The molecule has 0 saturated carbocycles. The summed E-state index contributed by atoms with van der Waals surface area (Å²) in [6.45, 7) is 1.97. The number of carbonyl (C=O) groups is 2. The predicted octanol–water partition coefficient (Wildman–Crippen LogP) is 1.33. The Balaban J connectivity index is 4.32. The van der Waals surface area contributed by atoms with E-state index in [4.69, 9.17) is 16.7 Å². The highest BCUT2D eigenvalue weighted by atomic mass is 35.5. The quantitative estimate of drug-likeness (QED) is 0.689. The average molecular weight is 222 g/mol. The largest absolute Gasteiger partial charge is 0.480 e. The number of rotatable bonds is 6. The van der Waals surface area contributed by atoms with Crippen molar-refractivity contribution in [1.82, 2.24) is 4.90 Å². The van der Waals surface area contributed by atoms with Gasteiger partial charge in [0.1, 0.15) is 11.9 Å².